The zero-order valence-electron chi connectivity index (χ0n) is 10.7. The molecule has 0 amide bonds. The monoisotopic (exact) mass is 223 g/mol. The molecule has 2 aliphatic rings. The maximum absolute atomic E-state index is 11.1. The third kappa shape index (κ3) is 1.40. The zero-order valence-corrected chi connectivity index (χ0v) is 10.7. The number of aliphatic imine (C=N–C) groups is 1. The molecule has 0 saturated heterocycles. The quantitative estimate of drug-likeness (QED) is 0.674. The minimum Gasteiger partial charge on any atom is -0.468 e. The summed E-state index contributed by atoms with van der Waals surface area (Å²) >= 11 is 0. The van der Waals surface area contributed by atoms with Crippen molar-refractivity contribution in [2.75, 3.05) is 13.7 Å². The van der Waals surface area contributed by atoms with Gasteiger partial charge in [0, 0.05) is 11.1 Å². The van der Waals surface area contributed by atoms with Gasteiger partial charge < -0.3 is 4.74 Å². The van der Waals surface area contributed by atoms with E-state index in [0.29, 0.717) is 5.41 Å². The molecule has 2 atom stereocenters. The van der Waals surface area contributed by atoms with E-state index in [1.807, 2.05) is 0 Å². The van der Waals surface area contributed by atoms with Gasteiger partial charge in [-0.15, -0.1) is 0 Å². The van der Waals surface area contributed by atoms with Crippen molar-refractivity contribution in [2.45, 2.75) is 40.0 Å². The molecule has 3 heteroatoms. The van der Waals surface area contributed by atoms with E-state index in [2.05, 4.69) is 30.5 Å². The Morgan fingerprint density at radius 2 is 2.19 bits per heavy atom. The summed E-state index contributed by atoms with van der Waals surface area (Å²) in [6.45, 7) is 7.16. The minimum absolute atomic E-state index is 0.185. The van der Waals surface area contributed by atoms with E-state index in [-0.39, 0.29) is 17.9 Å². The van der Waals surface area contributed by atoms with Gasteiger partial charge in [-0.3, -0.25) is 9.79 Å². The lowest BCUT2D eigenvalue weighted by molar-refractivity contribution is -0.138. The number of rotatable bonds is 2. The highest BCUT2D eigenvalue weighted by molar-refractivity contribution is 5.95. The Morgan fingerprint density at radius 1 is 1.50 bits per heavy atom. The first-order chi connectivity index (χ1) is 7.41. The van der Waals surface area contributed by atoms with Crippen molar-refractivity contribution in [1.82, 2.24) is 0 Å². The first kappa shape index (κ1) is 11.6. The number of fused-ring (bicyclic) bond motifs is 2. The van der Waals surface area contributed by atoms with Gasteiger partial charge in [-0.05, 0) is 30.6 Å². The second kappa shape index (κ2) is 3.57. The van der Waals surface area contributed by atoms with E-state index in [4.69, 9.17) is 0 Å². The van der Waals surface area contributed by atoms with Crippen LogP contribution < -0.4 is 0 Å². The van der Waals surface area contributed by atoms with Crippen molar-refractivity contribution >= 4 is 11.7 Å². The van der Waals surface area contributed by atoms with Crippen molar-refractivity contribution < 1.29 is 9.53 Å². The van der Waals surface area contributed by atoms with E-state index in [0.717, 1.165) is 12.3 Å². The van der Waals surface area contributed by atoms with Crippen LogP contribution in [0.15, 0.2) is 4.99 Å². The Bertz CT molecular complexity index is 346. The largest absolute Gasteiger partial charge is 0.468 e. The molecule has 2 unspecified atom stereocenters. The molecule has 90 valence electrons. The Kier molecular flexibility index (Phi) is 2.59. The van der Waals surface area contributed by atoms with Crippen molar-refractivity contribution in [3.05, 3.63) is 0 Å². The fourth-order valence-electron chi connectivity index (χ4n) is 3.39. The molecule has 3 nitrogen and oxygen atoms in total. The van der Waals surface area contributed by atoms with Crippen LogP contribution in [0.25, 0.3) is 0 Å². The third-order valence-corrected chi connectivity index (χ3v) is 5.14. The highest BCUT2D eigenvalue weighted by Crippen LogP contribution is 2.63. The maximum Gasteiger partial charge on any atom is 0.327 e. The van der Waals surface area contributed by atoms with Crippen LogP contribution in [0.1, 0.15) is 40.0 Å². The first-order valence-corrected chi connectivity index (χ1v) is 6.02. The van der Waals surface area contributed by atoms with Crippen LogP contribution in [0.3, 0.4) is 0 Å². The molecule has 0 radical (unpaired) electrons. The molecule has 2 fully saturated rings. The van der Waals surface area contributed by atoms with Crippen LogP contribution in [0, 0.1) is 16.7 Å². The fourth-order valence-corrected chi connectivity index (χ4v) is 3.39. The molecule has 0 spiro atoms. The maximum atomic E-state index is 11.1. The summed E-state index contributed by atoms with van der Waals surface area (Å²) in [5.41, 5.74) is 1.77. The molecule has 16 heavy (non-hydrogen) atoms. The highest BCUT2D eigenvalue weighted by atomic mass is 16.5. The van der Waals surface area contributed by atoms with Gasteiger partial charge in [-0.2, -0.15) is 0 Å². The first-order valence-electron chi connectivity index (χ1n) is 6.02. The Morgan fingerprint density at radius 3 is 2.62 bits per heavy atom. The lowest BCUT2D eigenvalue weighted by Gasteiger charge is -2.34. The number of hydrogen-bond donors (Lipinski definition) is 0. The van der Waals surface area contributed by atoms with Gasteiger partial charge in [0.05, 0.1) is 7.11 Å². The summed E-state index contributed by atoms with van der Waals surface area (Å²) in [4.78, 5) is 15.6. The van der Waals surface area contributed by atoms with Crippen LogP contribution in [0.2, 0.25) is 0 Å². The minimum atomic E-state index is -0.239. The second-order valence-corrected chi connectivity index (χ2v) is 5.83. The van der Waals surface area contributed by atoms with Crippen molar-refractivity contribution in [1.29, 1.82) is 0 Å². The number of carbonyl (C=O) groups excluding carboxylic acids is 1. The van der Waals surface area contributed by atoms with E-state index >= 15 is 0 Å². The lowest BCUT2D eigenvalue weighted by atomic mass is 9.70. The number of esters is 1. The molecule has 0 aromatic rings. The van der Waals surface area contributed by atoms with Crippen LogP contribution in [-0.4, -0.2) is 25.3 Å². The van der Waals surface area contributed by atoms with Crippen molar-refractivity contribution in [3.8, 4) is 0 Å². The number of hydrogen-bond acceptors (Lipinski definition) is 3. The Balaban J connectivity index is 2.18. The molecule has 2 aliphatic carbocycles. The van der Waals surface area contributed by atoms with Gasteiger partial charge in [0.1, 0.15) is 6.54 Å². The van der Waals surface area contributed by atoms with Gasteiger partial charge in [-0.1, -0.05) is 20.8 Å². The average molecular weight is 223 g/mol. The highest BCUT2D eigenvalue weighted by Gasteiger charge is 2.59. The standard InChI is InChI=1S/C13H21NO2/c1-12(2)9-5-6-13(12,3)10(7-9)14-8-11(15)16-4/h9H,5-8H2,1-4H3. The number of nitrogens with zero attached hydrogens (tertiary/aromatic N) is 1. The van der Waals surface area contributed by atoms with Gasteiger partial charge in [0.2, 0.25) is 0 Å². The molecule has 2 saturated carbocycles. The van der Waals surface area contributed by atoms with Crippen LogP contribution in [0.4, 0.5) is 0 Å². The number of carbonyl (C=O) groups is 1. The summed E-state index contributed by atoms with van der Waals surface area (Å²) in [6, 6.07) is 0. The summed E-state index contributed by atoms with van der Waals surface area (Å²) in [5.74, 6) is 0.505. The average Bonchev–Trinajstić information content (AvgIpc) is 2.58. The van der Waals surface area contributed by atoms with Crippen molar-refractivity contribution in [2.24, 2.45) is 21.7 Å². The van der Waals surface area contributed by atoms with E-state index in [9.17, 15) is 4.79 Å². The molecule has 0 heterocycles. The molecule has 0 aromatic carbocycles. The lowest BCUT2D eigenvalue weighted by Crippen LogP contribution is -2.32. The summed E-state index contributed by atoms with van der Waals surface area (Å²) < 4.78 is 4.63. The van der Waals surface area contributed by atoms with Crippen LogP contribution >= 0.6 is 0 Å². The predicted octanol–water partition coefficient (Wildman–Crippen LogP) is 2.45. The smallest absolute Gasteiger partial charge is 0.327 e. The van der Waals surface area contributed by atoms with Gasteiger partial charge in [0.15, 0.2) is 0 Å². The topological polar surface area (TPSA) is 38.7 Å². The van der Waals surface area contributed by atoms with Crippen LogP contribution in [0.5, 0.6) is 0 Å². The molecule has 0 aromatic heterocycles. The van der Waals surface area contributed by atoms with E-state index in [1.165, 1.54) is 25.7 Å². The van der Waals surface area contributed by atoms with Gasteiger partial charge >= 0.3 is 5.97 Å². The molecule has 0 N–H and O–H groups in total. The summed E-state index contributed by atoms with van der Waals surface area (Å²) in [5, 5.41) is 0. The van der Waals surface area contributed by atoms with Crippen molar-refractivity contribution in [3.63, 3.8) is 0 Å². The Labute approximate surface area is 97.3 Å². The zero-order chi connectivity index (χ0) is 12.0. The van der Waals surface area contributed by atoms with Gasteiger partial charge in [-0.25, -0.2) is 0 Å². The van der Waals surface area contributed by atoms with Crippen LogP contribution in [-0.2, 0) is 9.53 Å². The Hall–Kier alpha value is -0.860. The SMILES string of the molecule is COC(=O)CN=C1CC2CCC1(C)C2(C)C. The number of ether oxygens (including phenoxy) is 1. The summed E-state index contributed by atoms with van der Waals surface area (Å²) in [6.07, 6.45) is 3.59. The molecular weight excluding hydrogens is 202 g/mol. The molecule has 0 aliphatic heterocycles. The third-order valence-electron chi connectivity index (χ3n) is 5.14. The van der Waals surface area contributed by atoms with E-state index in [1.54, 1.807) is 0 Å². The van der Waals surface area contributed by atoms with E-state index < -0.39 is 0 Å². The number of methoxy groups -OCH3 is 1. The molecule has 2 rings (SSSR count). The molecular formula is C13H21NO2. The van der Waals surface area contributed by atoms with Gasteiger partial charge in [0.25, 0.3) is 0 Å². The summed E-state index contributed by atoms with van der Waals surface area (Å²) in [7, 11) is 1.41. The fraction of sp³-hybridized carbons (Fsp3) is 0.846. The predicted molar refractivity (Wildman–Crippen MR) is 63.5 cm³/mol. The molecule has 2 bridgehead atoms. The normalized spacial score (nSPS) is 38.0. The second-order valence-electron chi connectivity index (χ2n) is 5.83.